The Kier molecular flexibility index (Phi) is 7.05. The number of hydrogen-bond donors (Lipinski definition) is 0. The quantitative estimate of drug-likeness (QED) is 0.586. The molecule has 0 saturated carbocycles. The molecule has 0 aliphatic carbocycles. The van der Waals surface area contributed by atoms with Crippen molar-refractivity contribution < 1.29 is 4.74 Å². The molecule has 0 amide bonds. The first kappa shape index (κ1) is 17.6. The van der Waals surface area contributed by atoms with Crippen LogP contribution in [0.5, 0.6) is 0 Å². The van der Waals surface area contributed by atoms with Gasteiger partial charge < -0.3 is 4.74 Å². The van der Waals surface area contributed by atoms with Gasteiger partial charge in [0.05, 0.1) is 6.04 Å². The molecule has 0 N–H and O–H groups in total. The van der Waals surface area contributed by atoms with E-state index in [2.05, 4.69) is 51.8 Å². The predicted octanol–water partition coefficient (Wildman–Crippen LogP) is 5.06. The van der Waals surface area contributed by atoms with E-state index in [4.69, 9.17) is 4.74 Å². The van der Waals surface area contributed by atoms with Gasteiger partial charge in [-0.05, 0) is 31.6 Å². The zero-order chi connectivity index (χ0) is 14.4. The van der Waals surface area contributed by atoms with Gasteiger partial charge in [0, 0.05) is 13.5 Å². The lowest BCUT2D eigenvalue weighted by atomic mass is 9.87. The van der Waals surface area contributed by atoms with Crippen molar-refractivity contribution in [2.45, 2.75) is 79.5 Å². The van der Waals surface area contributed by atoms with Crippen LogP contribution in [0.4, 0.5) is 0 Å². The minimum atomic E-state index is -0.498. The Hall–Kier alpha value is -0.440. The van der Waals surface area contributed by atoms with Gasteiger partial charge in [-0.25, -0.2) is 0 Å². The van der Waals surface area contributed by atoms with Crippen molar-refractivity contribution in [1.29, 1.82) is 0 Å². The molecule has 3 heteroatoms. The average Bonchev–Trinajstić information content (AvgIpc) is 2.24. The van der Waals surface area contributed by atoms with Crippen molar-refractivity contribution in [2.24, 2.45) is 21.6 Å². The Morgan fingerprint density at radius 3 is 2.06 bits per heavy atom. The van der Waals surface area contributed by atoms with Gasteiger partial charge in [-0.2, -0.15) is 10.2 Å². The average molecular weight is 256 g/mol. The van der Waals surface area contributed by atoms with Crippen LogP contribution >= 0.6 is 0 Å². The normalized spacial score (nSPS) is 19.8. The van der Waals surface area contributed by atoms with Crippen LogP contribution in [0.3, 0.4) is 0 Å². The first-order valence-electron chi connectivity index (χ1n) is 7.09. The zero-order valence-electron chi connectivity index (χ0n) is 13.6. The van der Waals surface area contributed by atoms with Gasteiger partial charge >= 0.3 is 0 Å². The number of azo groups is 1. The Labute approximate surface area is 113 Å². The molecule has 108 valence electrons. The van der Waals surface area contributed by atoms with E-state index in [1.54, 1.807) is 7.11 Å². The van der Waals surface area contributed by atoms with E-state index in [0.717, 1.165) is 12.8 Å². The largest absolute Gasteiger partial charge is 0.356 e. The van der Waals surface area contributed by atoms with Crippen molar-refractivity contribution in [2.75, 3.05) is 7.11 Å². The standard InChI is InChI=1S/C15H32N2O/c1-9-12(2)10-13(3)16-17-15(7,18-8)11-14(4,5)6/h12-13H,9-11H2,1-8H3. The highest BCUT2D eigenvalue weighted by molar-refractivity contribution is 4.78. The third kappa shape index (κ3) is 7.80. The minimum absolute atomic E-state index is 0.184. The van der Waals surface area contributed by atoms with Gasteiger partial charge in [-0.3, -0.25) is 0 Å². The molecule has 18 heavy (non-hydrogen) atoms. The van der Waals surface area contributed by atoms with Gasteiger partial charge in [0.2, 0.25) is 0 Å². The summed E-state index contributed by atoms with van der Waals surface area (Å²) in [7, 11) is 1.71. The molecule has 0 heterocycles. The second kappa shape index (κ2) is 7.22. The van der Waals surface area contributed by atoms with Crippen LogP contribution in [0.2, 0.25) is 0 Å². The molecule has 0 fully saturated rings. The molecule has 0 radical (unpaired) electrons. The Bertz CT molecular complexity index is 258. The summed E-state index contributed by atoms with van der Waals surface area (Å²) >= 11 is 0. The molecular formula is C15H32N2O. The van der Waals surface area contributed by atoms with Crippen molar-refractivity contribution >= 4 is 0 Å². The molecule has 0 aliphatic heterocycles. The van der Waals surface area contributed by atoms with Crippen LogP contribution < -0.4 is 0 Å². The number of rotatable bonds is 7. The number of nitrogens with zero attached hydrogens (tertiary/aromatic N) is 2. The topological polar surface area (TPSA) is 34.0 Å². The summed E-state index contributed by atoms with van der Waals surface area (Å²) in [6, 6.07) is 0.273. The van der Waals surface area contributed by atoms with Crippen molar-refractivity contribution in [1.82, 2.24) is 0 Å². The molecule has 0 aliphatic rings. The highest BCUT2D eigenvalue weighted by Gasteiger charge is 2.29. The smallest absolute Gasteiger partial charge is 0.176 e. The molecular weight excluding hydrogens is 224 g/mol. The molecule has 3 nitrogen and oxygen atoms in total. The lowest BCUT2D eigenvalue weighted by Crippen LogP contribution is -2.30. The van der Waals surface area contributed by atoms with Crippen LogP contribution in [0.1, 0.15) is 67.7 Å². The summed E-state index contributed by atoms with van der Waals surface area (Å²) in [4.78, 5) is 0. The van der Waals surface area contributed by atoms with E-state index in [9.17, 15) is 0 Å². The molecule has 0 aromatic carbocycles. The van der Waals surface area contributed by atoms with Crippen LogP contribution in [-0.4, -0.2) is 18.9 Å². The Morgan fingerprint density at radius 1 is 1.11 bits per heavy atom. The van der Waals surface area contributed by atoms with Crippen LogP contribution in [0, 0.1) is 11.3 Å². The summed E-state index contributed by atoms with van der Waals surface area (Å²) in [5.41, 5.74) is -0.314. The predicted molar refractivity (Wildman–Crippen MR) is 77.9 cm³/mol. The third-order valence-electron chi connectivity index (χ3n) is 3.20. The van der Waals surface area contributed by atoms with Gasteiger partial charge in [-0.15, -0.1) is 0 Å². The van der Waals surface area contributed by atoms with Crippen molar-refractivity contribution in [3.05, 3.63) is 0 Å². The number of ether oxygens (including phenoxy) is 1. The maximum atomic E-state index is 5.54. The van der Waals surface area contributed by atoms with Gasteiger partial charge in [0.15, 0.2) is 5.72 Å². The molecule has 0 rings (SSSR count). The first-order chi connectivity index (χ1) is 8.12. The fourth-order valence-corrected chi connectivity index (χ4v) is 2.15. The lowest BCUT2D eigenvalue weighted by Gasteiger charge is -2.30. The van der Waals surface area contributed by atoms with Crippen LogP contribution in [0.25, 0.3) is 0 Å². The monoisotopic (exact) mass is 256 g/mol. The van der Waals surface area contributed by atoms with Crippen LogP contribution in [0.15, 0.2) is 10.2 Å². The van der Waals surface area contributed by atoms with Crippen LogP contribution in [-0.2, 0) is 4.74 Å². The summed E-state index contributed by atoms with van der Waals surface area (Å²) in [6.45, 7) is 15.2. The van der Waals surface area contributed by atoms with E-state index >= 15 is 0 Å². The molecule has 0 bridgehead atoms. The minimum Gasteiger partial charge on any atom is -0.356 e. The zero-order valence-corrected chi connectivity index (χ0v) is 13.6. The van der Waals surface area contributed by atoms with E-state index < -0.39 is 5.72 Å². The maximum Gasteiger partial charge on any atom is 0.176 e. The highest BCUT2D eigenvalue weighted by Crippen LogP contribution is 2.31. The number of methoxy groups -OCH3 is 1. The number of hydrogen-bond acceptors (Lipinski definition) is 3. The second-order valence-corrected chi connectivity index (χ2v) is 6.93. The van der Waals surface area contributed by atoms with Gasteiger partial charge in [0.1, 0.15) is 0 Å². The van der Waals surface area contributed by atoms with E-state index in [-0.39, 0.29) is 11.5 Å². The maximum absolute atomic E-state index is 5.54. The summed E-state index contributed by atoms with van der Waals surface area (Å²) in [5, 5.41) is 8.89. The van der Waals surface area contributed by atoms with Crippen molar-refractivity contribution in [3.63, 3.8) is 0 Å². The fraction of sp³-hybridized carbons (Fsp3) is 1.00. The Morgan fingerprint density at radius 2 is 1.67 bits per heavy atom. The molecule has 0 aromatic heterocycles. The molecule has 0 saturated heterocycles. The van der Waals surface area contributed by atoms with Gasteiger partial charge in [-0.1, -0.05) is 41.0 Å². The SMILES string of the molecule is CCC(C)CC(C)N=NC(C)(CC(C)(C)C)OC. The molecule has 0 aromatic rings. The first-order valence-corrected chi connectivity index (χ1v) is 7.09. The van der Waals surface area contributed by atoms with Gasteiger partial charge in [0.25, 0.3) is 0 Å². The molecule has 0 spiro atoms. The summed E-state index contributed by atoms with van der Waals surface area (Å²) in [6.07, 6.45) is 3.16. The fourth-order valence-electron chi connectivity index (χ4n) is 2.15. The van der Waals surface area contributed by atoms with E-state index in [1.165, 1.54) is 6.42 Å². The van der Waals surface area contributed by atoms with E-state index in [0.29, 0.717) is 5.92 Å². The second-order valence-electron chi connectivity index (χ2n) is 6.93. The lowest BCUT2D eigenvalue weighted by molar-refractivity contribution is -0.0245. The van der Waals surface area contributed by atoms with E-state index in [1.807, 2.05) is 6.92 Å². The molecule has 3 unspecified atom stereocenters. The molecule has 3 atom stereocenters. The van der Waals surface area contributed by atoms with Crippen molar-refractivity contribution in [3.8, 4) is 0 Å². The summed E-state index contributed by atoms with van der Waals surface area (Å²) < 4.78 is 5.54. The Balaban J connectivity index is 4.51. The third-order valence-corrected chi connectivity index (χ3v) is 3.20. The summed E-state index contributed by atoms with van der Waals surface area (Å²) in [5.74, 6) is 0.704. The highest BCUT2D eigenvalue weighted by atomic mass is 16.5.